The number of aliphatic carboxylic acids is 1. The monoisotopic (exact) mass is 337 g/mol. The Bertz CT molecular complexity index is 537. The van der Waals surface area contributed by atoms with Crippen LogP contribution < -0.4 is 10.1 Å². The van der Waals surface area contributed by atoms with Gasteiger partial charge in [-0.1, -0.05) is 26.0 Å². The first-order valence-corrected chi connectivity index (χ1v) is 8.16. The van der Waals surface area contributed by atoms with E-state index in [9.17, 15) is 14.7 Å². The smallest absolute Gasteiger partial charge is 0.346 e. The van der Waals surface area contributed by atoms with Crippen LogP contribution >= 0.6 is 0 Å². The molecule has 0 aliphatic heterocycles. The molecule has 6 heteroatoms. The van der Waals surface area contributed by atoms with Crippen LogP contribution in [0.25, 0.3) is 0 Å². The van der Waals surface area contributed by atoms with E-state index in [1.807, 2.05) is 26.0 Å². The average Bonchev–Trinajstić information content (AvgIpc) is 2.59. The van der Waals surface area contributed by atoms with E-state index in [0.29, 0.717) is 31.7 Å². The first kappa shape index (κ1) is 20.0. The van der Waals surface area contributed by atoms with Crippen molar-refractivity contribution in [3.63, 3.8) is 0 Å². The highest BCUT2D eigenvalue weighted by Crippen LogP contribution is 2.25. The molecule has 1 unspecified atom stereocenters. The second-order valence-electron chi connectivity index (χ2n) is 5.82. The van der Waals surface area contributed by atoms with Crippen LogP contribution in [0.15, 0.2) is 24.3 Å². The third kappa shape index (κ3) is 5.23. The normalized spacial score (nSPS) is 12.5. The van der Waals surface area contributed by atoms with Gasteiger partial charge in [0.15, 0.2) is 6.10 Å². The van der Waals surface area contributed by atoms with E-state index in [2.05, 4.69) is 10.1 Å². The maximum atomic E-state index is 11.5. The number of carbonyl (C=O) groups is 2. The van der Waals surface area contributed by atoms with E-state index >= 15 is 0 Å². The lowest BCUT2D eigenvalue weighted by atomic mass is 9.82. The molecule has 0 bridgehead atoms. The summed E-state index contributed by atoms with van der Waals surface area (Å²) in [4.78, 5) is 22.8. The Balaban J connectivity index is 2.56. The molecule has 134 valence electrons. The van der Waals surface area contributed by atoms with Crippen molar-refractivity contribution in [3.8, 4) is 5.75 Å². The Morgan fingerprint density at radius 3 is 2.25 bits per heavy atom. The maximum Gasteiger partial charge on any atom is 0.346 e. The fraction of sp³-hybridized carbons (Fsp3) is 0.556. The van der Waals surface area contributed by atoms with Crippen molar-refractivity contribution < 1.29 is 24.2 Å². The Kier molecular flexibility index (Phi) is 7.71. The minimum atomic E-state index is -0.763. The molecule has 24 heavy (non-hydrogen) atoms. The van der Waals surface area contributed by atoms with Gasteiger partial charge in [0.2, 0.25) is 0 Å². The van der Waals surface area contributed by atoms with Crippen LogP contribution in [0.1, 0.15) is 39.2 Å². The first-order chi connectivity index (χ1) is 11.4. The van der Waals surface area contributed by atoms with Crippen molar-refractivity contribution in [2.24, 2.45) is 5.41 Å². The van der Waals surface area contributed by atoms with Crippen molar-refractivity contribution >= 4 is 11.9 Å². The largest absolute Gasteiger partial charge is 0.481 e. The lowest BCUT2D eigenvalue weighted by molar-refractivity contribution is -0.149. The van der Waals surface area contributed by atoms with Crippen LogP contribution in [-0.4, -0.2) is 36.8 Å². The molecule has 2 N–H and O–H groups in total. The predicted molar refractivity (Wildman–Crippen MR) is 90.9 cm³/mol. The Morgan fingerprint density at radius 1 is 1.21 bits per heavy atom. The third-order valence-corrected chi connectivity index (χ3v) is 4.37. The van der Waals surface area contributed by atoms with Crippen molar-refractivity contribution in [3.05, 3.63) is 29.8 Å². The highest BCUT2D eigenvalue weighted by Gasteiger charge is 2.34. The molecule has 1 aromatic carbocycles. The highest BCUT2D eigenvalue weighted by molar-refractivity contribution is 5.75. The van der Waals surface area contributed by atoms with Crippen LogP contribution in [0.4, 0.5) is 0 Å². The summed E-state index contributed by atoms with van der Waals surface area (Å²) in [5, 5.41) is 12.6. The summed E-state index contributed by atoms with van der Waals surface area (Å²) in [6, 6.07) is 7.32. The van der Waals surface area contributed by atoms with Crippen LogP contribution in [0.2, 0.25) is 0 Å². The van der Waals surface area contributed by atoms with Crippen LogP contribution in [0, 0.1) is 5.41 Å². The maximum absolute atomic E-state index is 11.5. The van der Waals surface area contributed by atoms with Gasteiger partial charge in [-0.3, -0.25) is 4.79 Å². The molecule has 0 radical (unpaired) electrons. The standard InChI is InChI=1S/C18H27NO5/c1-5-18(6-2,17(21)22)12-19-11-14-7-9-15(10-8-14)24-13(3)16(20)23-4/h7-10,13,19H,5-6,11-12H2,1-4H3,(H,21,22). The number of hydrogen-bond acceptors (Lipinski definition) is 5. The van der Waals surface area contributed by atoms with E-state index in [0.717, 1.165) is 5.56 Å². The molecular weight excluding hydrogens is 310 g/mol. The molecule has 0 heterocycles. The van der Waals surface area contributed by atoms with E-state index < -0.39 is 23.5 Å². The van der Waals surface area contributed by atoms with Crippen molar-refractivity contribution in [1.29, 1.82) is 0 Å². The van der Waals surface area contributed by atoms with Crippen molar-refractivity contribution in [2.45, 2.75) is 46.3 Å². The molecule has 0 amide bonds. The van der Waals surface area contributed by atoms with Gasteiger partial charge in [-0.05, 0) is 37.5 Å². The summed E-state index contributed by atoms with van der Waals surface area (Å²) in [5.41, 5.74) is 0.290. The summed E-state index contributed by atoms with van der Waals surface area (Å²) >= 11 is 0. The predicted octanol–water partition coefficient (Wildman–Crippen LogP) is 2.61. The van der Waals surface area contributed by atoms with Crippen LogP contribution in [0.3, 0.4) is 0 Å². The summed E-state index contributed by atoms with van der Waals surface area (Å²) in [6.07, 6.45) is 0.512. The molecule has 0 aliphatic rings. The summed E-state index contributed by atoms with van der Waals surface area (Å²) in [6.45, 7) is 6.42. The van der Waals surface area contributed by atoms with Crippen LogP contribution in [0.5, 0.6) is 5.75 Å². The number of hydrogen-bond donors (Lipinski definition) is 2. The van der Waals surface area contributed by atoms with E-state index in [1.54, 1.807) is 19.1 Å². The topological polar surface area (TPSA) is 84.9 Å². The zero-order valence-corrected chi connectivity index (χ0v) is 14.8. The number of carboxylic acids is 1. The minimum absolute atomic E-state index is 0.424. The molecule has 1 rings (SSSR count). The lowest BCUT2D eigenvalue weighted by Crippen LogP contribution is -2.39. The zero-order valence-electron chi connectivity index (χ0n) is 14.8. The quantitative estimate of drug-likeness (QED) is 0.639. The molecule has 0 fully saturated rings. The Hall–Kier alpha value is -2.08. The summed E-state index contributed by atoms with van der Waals surface area (Å²) in [5.74, 6) is -0.607. The molecule has 0 spiro atoms. The zero-order chi connectivity index (χ0) is 18.2. The fourth-order valence-electron chi connectivity index (χ4n) is 2.43. The Labute approximate surface area is 143 Å². The van der Waals surface area contributed by atoms with Gasteiger partial charge in [-0.25, -0.2) is 4.79 Å². The van der Waals surface area contributed by atoms with Gasteiger partial charge < -0.3 is 19.9 Å². The van der Waals surface area contributed by atoms with Crippen molar-refractivity contribution in [1.82, 2.24) is 5.32 Å². The molecular formula is C18H27NO5. The molecule has 6 nitrogen and oxygen atoms in total. The van der Waals surface area contributed by atoms with Gasteiger partial charge in [0.25, 0.3) is 0 Å². The number of ether oxygens (including phenoxy) is 2. The molecule has 0 aromatic heterocycles. The van der Waals surface area contributed by atoms with Crippen LogP contribution in [-0.2, 0) is 20.9 Å². The van der Waals surface area contributed by atoms with E-state index in [4.69, 9.17) is 4.74 Å². The fourth-order valence-corrected chi connectivity index (χ4v) is 2.43. The third-order valence-electron chi connectivity index (χ3n) is 4.37. The molecule has 0 saturated heterocycles. The molecule has 1 aromatic rings. The van der Waals surface area contributed by atoms with Gasteiger partial charge in [-0.2, -0.15) is 0 Å². The SMILES string of the molecule is CCC(CC)(CNCc1ccc(OC(C)C(=O)OC)cc1)C(=O)O. The highest BCUT2D eigenvalue weighted by atomic mass is 16.6. The number of esters is 1. The summed E-state index contributed by atoms with van der Waals surface area (Å²) in [7, 11) is 1.32. The van der Waals surface area contributed by atoms with Crippen molar-refractivity contribution in [2.75, 3.05) is 13.7 Å². The number of carbonyl (C=O) groups excluding carboxylic acids is 1. The number of benzene rings is 1. The molecule has 0 saturated carbocycles. The first-order valence-electron chi connectivity index (χ1n) is 8.16. The number of rotatable bonds is 10. The number of carboxylic acid groups (broad SMARTS) is 1. The Morgan fingerprint density at radius 2 is 1.79 bits per heavy atom. The lowest BCUT2D eigenvalue weighted by Gasteiger charge is -2.27. The van der Waals surface area contributed by atoms with Gasteiger partial charge in [0.1, 0.15) is 5.75 Å². The van der Waals surface area contributed by atoms with Gasteiger partial charge in [-0.15, -0.1) is 0 Å². The van der Waals surface area contributed by atoms with Gasteiger partial charge >= 0.3 is 11.9 Å². The molecule has 0 aliphatic carbocycles. The van der Waals surface area contributed by atoms with E-state index in [-0.39, 0.29) is 0 Å². The van der Waals surface area contributed by atoms with Gasteiger partial charge in [0, 0.05) is 13.1 Å². The minimum Gasteiger partial charge on any atom is -0.481 e. The molecule has 1 atom stereocenters. The summed E-state index contributed by atoms with van der Waals surface area (Å²) < 4.78 is 10.1. The van der Waals surface area contributed by atoms with E-state index in [1.165, 1.54) is 7.11 Å². The number of methoxy groups -OCH3 is 1. The number of nitrogens with one attached hydrogen (secondary N) is 1. The van der Waals surface area contributed by atoms with Gasteiger partial charge in [0.05, 0.1) is 12.5 Å². The average molecular weight is 337 g/mol. The second kappa shape index (κ2) is 9.27. The second-order valence-corrected chi connectivity index (χ2v) is 5.82.